The molecule has 2 atom stereocenters. The number of aliphatic hydroxyl groups is 1. The highest BCUT2D eigenvalue weighted by Crippen LogP contribution is 2.22. The summed E-state index contributed by atoms with van der Waals surface area (Å²) in [6.07, 6.45) is 0.585. The molecule has 0 radical (unpaired) electrons. The molecule has 10 heavy (non-hydrogen) atoms. The zero-order valence-corrected chi connectivity index (χ0v) is 6.37. The minimum atomic E-state index is 0.0486. The van der Waals surface area contributed by atoms with Gasteiger partial charge in [-0.1, -0.05) is 6.92 Å². The number of rotatable bonds is 1. The van der Waals surface area contributed by atoms with Crippen LogP contribution in [0.2, 0.25) is 0 Å². The molecule has 1 amide bonds. The molecule has 1 rings (SSSR count). The van der Waals surface area contributed by atoms with Gasteiger partial charge in [0.2, 0.25) is 5.91 Å². The van der Waals surface area contributed by atoms with Crippen molar-refractivity contribution in [1.29, 1.82) is 0 Å². The number of likely N-dealkylation sites (tertiary alicyclic amines) is 1. The summed E-state index contributed by atoms with van der Waals surface area (Å²) < 4.78 is 0. The Morgan fingerprint density at radius 2 is 2.40 bits per heavy atom. The van der Waals surface area contributed by atoms with Gasteiger partial charge < -0.3 is 10.0 Å². The normalized spacial score (nSPS) is 33.5. The molecule has 0 bridgehead atoms. The number of aliphatic hydroxyl groups excluding tert-OH is 1. The fraction of sp³-hybridized carbons (Fsp3) is 0.857. The number of nitrogens with zero attached hydrogens (tertiary/aromatic N) is 1. The lowest BCUT2D eigenvalue weighted by atomic mass is 10.0. The first-order valence-corrected chi connectivity index (χ1v) is 3.53. The van der Waals surface area contributed by atoms with Gasteiger partial charge in [-0.05, 0) is 5.92 Å². The molecule has 1 aliphatic heterocycles. The van der Waals surface area contributed by atoms with Crippen molar-refractivity contribution in [2.24, 2.45) is 5.92 Å². The number of carbonyl (C=O) groups is 1. The van der Waals surface area contributed by atoms with Crippen LogP contribution in [0.3, 0.4) is 0 Å². The molecular weight excluding hydrogens is 130 g/mol. The van der Waals surface area contributed by atoms with Crippen molar-refractivity contribution >= 4 is 5.91 Å². The molecular formula is C7H13NO2. The van der Waals surface area contributed by atoms with E-state index in [1.807, 2.05) is 6.92 Å². The van der Waals surface area contributed by atoms with E-state index in [4.69, 9.17) is 5.11 Å². The Hall–Kier alpha value is -0.570. The Morgan fingerprint density at radius 1 is 1.80 bits per heavy atom. The zero-order chi connectivity index (χ0) is 7.72. The standard InChI is InChI=1S/C7H13NO2/c1-5-3-7(10)8(2)6(5)4-9/h5-6,9H,3-4H2,1-2H3. The van der Waals surface area contributed by atoms with Gasteiger partial charge in [0.25, 0.3) is 0 Å². The average Bonchev–Trinajstić information content (AvgIpc) is 2.09. The number of amides is 1. The highest BCUT2D eigenvalue weighted by molar-refractivity contribution is 5.78. The summed E-state index contributed by atoms with van der Waals surface area (Å²) in [5, 5.41) is 8.83. The third-order valence-corrected chi connectivity index (χ3v) is 2.23. The second-order valence-electron chi connectivity index (χ2n) is 2.94. The summed E-state index contributed by atoms with van der Waals surface area (Å²) in [6, 6.07) is 0.0486. The van der Waals surface area contributed by atoms with Crippen molar-refractivity contribution in [3.63, 3.8) is 0 Å². The monoisotopic (exact) mass is 143 g/mol. The smallest absolute Gasteiger partial charge is 0.222 e. The van der Waals surface area contributed by atoms with Crippen molar-refractivity contribution < 1.29 is 9.90 Å². The Balaban J connectivity index is 2.64. The maximum atomic E-state index is 11.0. The van der Waals surface area contributed by atoms with Crippen molar-refractivity contribution in [2.45, 2.75) is 19.4 Å². The van der Waals surface area contributed by atoms with Gasteiger partial charge >= 0.3 is 0 Å². The molecule has 0 aliphatic carbocycles. The van der Waals surface area contributed by atoms with Crippen LogP contribution in [0.25, 0.3) is 0 Å². The third kappa shape index (κ3) is 1.01. The molecule has 1 fully saturated rings. The van der Waals surface area contributed by atoms with E-state index in [9.17, 15) is 4.79 Å². The van der Waals surface area contributed by atoms with Gasteiger partial charge in [-0.25, -0.2) is 0 Å². The Labute approximate surface area is 60.6 Å². The Morgan fingerprint density at radius 3 is 2.60 bits per heavy atom. The molecule has 0 aromatic heterocycles. The number of hydrogen-bond donors (Lipinski definition) is 1. The van der Waals surface area contributed by atoms with Gasteiger partial charge in [0, 0.05) is 13.5 Å². The first-order valence-electron chi connectivity index (χ1n) is 3.53. The molecule has 3 nitrogen and oxygen atoms in total. The third-order valence-electron chi connectivity index (χ3n) is 2.23. The van der Waals surface area contributed by atoms with Crippen LogP contribution in [-0.2, 0) is 4.79 Å². The lowest BCUT2D eigenvalue weighted by Gasteiger charge is -2.19. The molecule has 0 aromatic rings. The van der Waals surface area contributed by atoms with Crippen LogP contribution < -0.4 is 0 Å². The molecule has 3 heteroatoms. The van der Waals surface area contributed by atoms with Crippen molar-refractivity contribution in [1.82, 2.24) is 4.90 Å². The minimum absolute atomic E-state index is 0.0486. The molecule has 58 valence electrons. The van der Waals surface area contributed by atoms with Crippen LogP contribution in [0, 0.1) is 5.92 Å². The summed E-state index contributed by atoms with van der Waals surface area (Å²) in [6.45, 7) is 2.08. The quantitative estimate of drug-likeness (QED) is 0.554. The van der Waals surface area contributed by atoms with E-state index in [0.717, 1.165) is 0 Å². The van der Waals surface area contributed by atoms with Crippen LogP contribution in [0.5, 0.6) is 0 Å². The molecule has 0 spiro atoms. The lowest BCUT2D eigenvalue weighted by molar-refractivity contribution is -0.128. The average molecular weight is 143 g/mol. The second kappa shape index (κ2) is 2.58. The summed E-state index contributed by atoms with van der Waals surface area (Å²) in [5.74, 6) is 0.453. The van der Waals surface area contributed by atoms with Gasteiger partial charge in [-0.3, -0.25) is 4.79 Å². The van der Waals surface area contributed by atoms with E-state index in [1.165, 1.54) is 0 Å². The Kier molecular flexibility index (Phi) is 1.94. The summed E-state index contributed by atoms with van der Waals surface area (Å²) in [5.41, 5.74) is 0. The highest BCUT2D eigenvalue weighted by Gasteiger charge is 2.33. The van der Waals surface area contributed by atoms with Crippen molar-refractivity contribution in [3.8, 4) is 0 Å². The van der Waals surface area contributed by atoms with Crippen LogP contribution in [0.4, 0.5) is 0 Å². The van der Waals surface area contributed by atoms with E-state index in [2.05, 4.69) is 0 Å². The summed E-state index contributed by atoms with van der Waals surface area (Å²) in [4.78, 5) is 12.6. The van der Waals surface area contributed by atoms with Crippen LogP contribution in [0.1, 0.15) is 13.3 Å². The number of carbonyl (C=O) groups excluding carboxylic acids is 1. The van der Waals surface area contributed by atoms with Gasteiger partial charge in [0.1, 0.15) is 0 Å². The van der Waals surface area contributed by atoms with Crippen LogP contribution in [0.15, 0.2) is 0 Å². The Bertz CT molecular complexity index is 147. The molecule has 1 saturated heterocycles. The number of hydrogen-bond acceptors (Lipinski definition) is 2. The van der Waals surface area contributed by atoms with Crippen molar-refractivity contribution in [3.05, 3.63) is 0 Å². The van der Waals surface area contributed by atoms with Gasteiger partial charge in [-0.15, -0.1) is 0 Å². The van der Waals surface area contributed by atoms with Gasteiger partial charge in [0.05, 0.1) is 12.6 Å². The molecule has 1 aliphatic rings. The predicted octanol–water partition coefficient (Wildman–Crippen LogP) is -0.155. The fourth-order valence-electron chi connectivity index (χ4n) is 1.42. The summed E-state index contributed by atoms with van der Waals surface area (Å²) >= 11 is 0. The van der Waals surface area contributed by atoms with Crippen LogP contribution >= 0.6 is 0 Å². The largest absolute Gasteiger partial charge is 0.394 e. The molecule has 2 unspecified atom stereocenters. The van der Waals surface area contributed by atoms with E-state index >= 15 is 0 Å². The first-order chi connectivity index (χ1) is 4.66. The van der Waals surface area contributed by atoms with Gasteiger partial charge in [0.15, 0.2) is 0 Å². The molecule has 0 saturated carbocycles. The maximum absolute atomic E-state index is 11.0. The zero-order valence-electron chi connectivity index (χ0n) is 6.37. The van der Waals surface area contributed by atoms with Gasteiger partial charge in [-0.2, -0.15) is 0 Å². The molecule has 1 N–H and O–H groups in total. The van der Waals surface area contributed by atoms with Crippen LogP contribution in [-0.4, -0.2) is 35.6 Å². The number of likely N-dealkylation sites (N-methyl/N-ethyl adjacent to an activating group) is 1. The highest BCUT2D eigenvalue weighted by atomic mass is 16.3. The van der Waals surface area contributed by atoms with E-state index in [1.54, 1.807) is 11.9 Å². The second-order valence-corrected chi connectivity index (χ2v) is 2.94. The lowest BCUT2D eigenvalue weighted by Crippen LogP contribution is -2.33. The summed E-state index contributed by atoms with van der Waals surface area (Å²) in [7, 11) is 1.74. The predicted molar refractivity (Wildman–Crippen MR) is 37.4 cm³/mol. The first kappa shape index (κ1) is 7.54. The van der Waals surface area contributed by atoms with E-state index < -0.39 is 0 Å². The SMILES string of the molecule is CC1CC(=O)N(C)C1CO. The topological polar surface area (TPSA) is 40.5 Å². The molecule has 0 aromatic carbocycles. The molecule has 1 heterocycles. The van der Waals surface area contributed by atoms with E-state index in [0.29, 0.717) is 12.3 Å². The maximum Gasteiger partial charge on any atom is 0.222 e. The fourth-order valence-corrected chi connectivity index (χ4v) is 1.42. The van der Waals surface area contributed by atoms with E-state index in [-0.39, 0.29) is 18.6 Å². The van der Waals surface area contributed by atoms with Crippen molar-refractivity contribution in [2.75, 3.05) is 13.7 Å². The minimum Gasteiger partial charge on any atom is -0.394 e.